The van der Waals surface area contributed by atoms with Gasteiger partial charge in [0.2, 0.25) is 0 Å². The molecule has 0 unspecified atom stereocenters. The summed E-state index contributed by atoms with van der Waals surface area (Å²) in [5, 5.41) is 0. The molecule has 5 heteroatoms. The molecular formula is C18H20F3NO. The number of ether oxygens (including phenoxy) is 1. The fraction of sp³-hybridized carbons (Fsp3) is 0.333. The topological polar surface area (TPSA) is 35.2 Å². The number of benzene rings is 2. The van der Waals surface area contributed by atoms with E-state index in [-0.39, 0.29) is 12.3 Å². The van der Waals surface area contributed by atoms with Crippen LogP contribution in [-0.4, -0.2) is 6.36 Å². The van der Waals surface area contributed by atoms with Crippen LogP contribution in [0.5, 0.6) is 5.75 Å². The highest BCUT2D eigenvalue weighted by molar-refractivity contribution is 5.66. The normalized spacial score (nSPS) is 11.8. The van der Waals surface area contributed by atoms with Crippen molar-refractivity contribution in [1.82, 2.24) is 0 Å². The molecule has 23 heavy (non-hydrogen) atoms. The lowest BCUT2D eigenvalue weighted by atomic mass is 9.98. The van der Waals surface area contributed by atoms with E-state index in [1.54, 1.807) is 12.1 Å². The average Bonchev–Trinajstić information content (AvgIpc) is 2.46. The van der Waals surface area contributed by atoms with Crippen LogP contribution in [0.15, 0.2) is 42.5 Å². The maximum atomic E-state index is 12.4. The standard InChI is InChI=1S/C18H20F3NO/c1-12(2)9-13-3-5-14(6-4-13)15-7-8-17(16(10-15)11-22)23-18(19,20)21/h3-8,10,12H,9,11,22H2,1-2H3. The van der Waals surface area contributed by atoms with E-state index >= 15 is 0 Å². The second-order valence-corrected chi connectivity index (χ2v) is 5.87. The molecule has 124 valence electrons. The molecule has 0 aliphatic carbocycles. The molecule has 0 amide bonds. The Labute approximate surface area is 134 Å². The van der Waals surface area contributed by atoms with Gasteiger partial charge in [-0.3, -0.25) is 0 Å². The molecule has 0 aliphatic heterocycles. The molecular weight excluding hydrogens is 303 g/mol. The second-order valence-electron chi connectivity index (χ2n) is 5.87. The third-order valence-corrected chi connectivity index (χ3v) is 3.44. The highest BCUT2D eigenvalue weighted by Gasteiger charge is 2.32. The van der Waals surface area contributed by atoms with Gasteiger partial charge in [0.1, 0.15) is 5.75 Å². The van der Waals surface area contributed by atoms with Gasteiger partial charge in [0, 0.05) is 12.1 Å². The summed E-state index contributed by atoms with van der Waals surface area (Å²) in [5.41, 5.74) is 8.86. The third-order valence-electron chi connectivity index (χ3n) is 3.44. The Morgan fingerprint density at radius 2 is 1.61 bits per heavy atom. The highest BCUT2D eigenvalue weighted by atomic mass is 19.4. The molecule has 0 fully saturated rings. The summed E-state index contributed by atoms with van der Waals surface area (Å²) in [7, 11) is 0. The summed E-state index contributed by atoms with van der Waals surface area (Å²) in [4.78, 5) is 0. The Balaban J connectivity index is 2.26. The number of alkyl halides is 3. The second kappa shape index (κ2) is 7.04. The lowest BCUT2D eigenvalue weighted by molar-refractivity contribution is -0.274. The molecule has 0 aromatic heterocycles. The van der Waals surface area contributed by atoms with Crippen molar-refractivity contribution in [2.75, 3.05) is 0 Å². The van der Waals surface area contributed by atoms with E-state index in [0.29, 0.717) is 11.5 Å². The molecule has 0 saturated carbocycles. The summed E-state index contributed by atoms with van der Waals surface area (Å²) in [6.07, 6.45) is -3.73. The smallest absolute Gasteiger partial charge is 0.405 e. The molecule has 2 rings (SSSR count). The number of nitrogens with two attached hydrogens (primary N) is 1. The van der Waals surface area contributed by atoms with E-state index in [2.05, 4.69) is 18.6 Å². The van der Waals surface area contributed by atoms with Gasteiger partial charge in [-0.05, 0) is 41.2 Å². The van der Waals surface area contributed by atoms with Crippen LogP contribution in [0.4, 0.5) is 13.2 Å². The minimum Gasteiger partial charge on any atom is -0.405 e. The van der Waals surface area contributed by atoms with Gasteiger partial charge in [0.15, 0.2) is 0 Å². The van der Waals surface area contributed by atoms with Gasteiger partial charge in [-0.2, -0.15) is 0 Å². The Bertz CT molecular complexity index is 648. The first kappa shape index (κ1) is 17.3. The Morgan fingerprint density at radius 1 is 1.00 bits per heavy atom. The largest absolute Gasteiger partial charge is 0.573 e. The van der Waals surface area contributed by atoms with E-state index in [0.717, 1.165) is 17.5 Å². The molecule has 0 heterocycles. The first-order chi connectivity index (χ1) is 10.8. The minimum absolute atomic E-state index is 0.0231. The molecule has 0 aliphatic rings. The molecule has 0 atom stereocenters. The van der Waals surface area contributed by atoms with E-state index in [9.17, 15) is 13.2 Å². The summed E-state index contributed by atoms with van der Waals surface area (Å²) < 4.78 is 41.1. The van der Waals surface area contributed by atoms with Crippen molar-refractivity contribution < 1.29 is 17.9 Å². The predicted molar refractivity (Wildman–Crippen MR) is 85.0 cm³/mol. The number of rotatable bonds is 5. The third kappa shape index (κ3) is 4.99. The Hall–Kier alpha value is -2.01. The fourth-order valence-electron chi connectivity index (χ4n) is 2.45. The zero-order valence-corrected chi connectivity index (χ0v) is 13.2. The van der Waals surface area contributed by atoms with Crippen molar-refractivity contribution in [2.24, 2.45) is 11.7 Å². The Kier molecular flexibility index (Phi) is 5.31. The van der Waals surface area contributed by atoms with Gasteiger partial charge in [-0.15, -0.1) is 13.2 Å². The molecule has 2 nitrogen and oxygen atoms in total. The van der Waals surface area contributed by atoms with Gasteiger partial charge >= 0.3 is 6.36 Å². The van der Waals surface area contributed by atoms with Crippen LogP contribution in [-0.2, 0) is 13.0 Å². The molecule has 0 saturated heterocycles. The molecule has 0 radical (unpaired) electrons. The zero-order chi connectivity index (χ0) is 17.0. The number of halogens is 3. The van der Waals surface area contributed by atoms with Crippen LogP contribution < -0.4 is 10.5 Å². The molecule has 2 N–H and O–H groups in total. The van der Waals surface area contributed by atoms with Crippen molar-refractivity contribution in [3.63, 3.8) is 0 Å². The van der Waals surface area contributed by atoms with E-state index in [4.69, 9.17) is 5.73 Å². The van der Waals surface area contributed by atoms with Gasteiger partial charge in [-0.1, -0.05) is 44.2 Å². The zero-order valence-electron chi connectivity index (χ0n) is 13.2. The van der Waals surface area contributed by atoms with Crippen LogP contribution in [0.1, 0.15) is 25.0 Å². The lowest BCUT2D eigenvalue weighted by Gasteiger charge is -2.14. The molecule has 0 spiro atoms. The van der Waals surface area contributed by atoms with Crippen LogP contribution in [0.25, 0.3) is 11.1 Å². The lowest BCUT2D eigenvalue weighted by Crippen LogP contribution is -2.18. The van der Waals surface area contributed by atoms with Crippen molar-refractivity contribution in [3.8, 4) is 16.9 Å². The van der Waals surface area contributed by atoms with Gasteiger partial charge in [0.25, 0.3) is 0 Å². The quantitative estimate of drug-likeness (QED) is 0.848. The van der Waals surface area contributed by atoms with Gasteiger partial charge in [-0.25, -0.2) is 0 Å². The van der Waals surface area contributed by atoms with Crippen molar-refractivity contribution in [2.45, 2.75) is 33.2 Å². The molecule has 2 aromatic carbocycles. The van der Waals surface area contributed by atoms with Crippen LogP contribution in [0.3, 0.4) is 0 Å². The maximum absolute atomic E-state index is 12.4. The number of hydrogen-bond acceptors (Lipinski definition) is 2. The molecule has 0 bridgehead atoms. The van der Waals surface area contributed by atoms with Gasteiger partial charge in [0.05, 0.1) is 0 Å². The Morgan fingerprint density at radius 3 is 2.13 bits per heavy atom. The van der Waals surface area contributed by atoms with Crippen LogP contribution >= 0.6 is 0 Å². The average molecular weight is 323 g/mol. The van der Waals surface area contributed by atoms with Crippen molar-refractivity contribution in [3.05, 3.63) is 53.6 Å². The minimum atomic E-state index is -4.72. The first-order valence-electron chi connectivity index (χ1n) is 7.46. The SMILES string of the molecule is CC(C)Cc1ccc(-c2ccc(OC(F)(F)F)c(CN)c2)cc1. The van der Waals surface area contributed by atoms with E-state index in [1.165, 1.54) is 11.6 Å². The summed E-state index contributed by atoms with van der Waals surface area (Å²) >= 11 is 0. The van der Waals surface area contributed by atoms with E-state index in [1.807, 2.05) is 24.3 Å². The van der Waals surface area contributed by atoms with Crippen LogP contribution in [0.2, 0.25) is 0 Å². The summed E-state index contributed by atoms with van der Waals surface area (Å²) in [5.74, 6) is 0.323. The first-order valence-corrected chi connectivity index (χ1v) is 7.46. The summed E-state index contributed by atoms with van der Waals surface area (Å²) in [6.45, 7) is 4.28. The van der Waals surface area contributed by atoms with Crippen molar-refractivity contribution >= 4 is 0 Å². The monoisotopic (exact) mass is 323 g/mol. The predicted octanol–water partition coefficient (Wildman–Crippen LogP) is 4.91. The van der Waals surface area contributed by atoms with Crippen molar-refractivity contribution in [1.29, 1.82) is 0 Å². The van der Waals surface area contributed by atoms with E-state index < -0.39 is 6.36 Å². The maximum Gasteiger partial charge on any atom is 0.573 e. The van der Waals surface area contributed by atoms with Crippen LogP contribution in [0, 0.1) is 5.92 Å². The fourth-order valence-corrected chi connectivity index (χ4v) is 2.45. The molecule has 2 aromatic rings. The highest BCUT2D eigenvalue weighted by Crippen LogP contribution is 2.30. The summed E-state index contributed by atoms with van der Waals surface area (Å²) in [6, 6.07) is 12.6. The number of hydrogen-bond donors (Lipinski definition) is 1. The van der Waals surface area contributed by atoms with Gasteiger partial charge < -0.3 is 10.5 Å².